The highest BCUT2D eigenvalue weighted by molar-refractivity contribution is 5.79. The van der Waals surface area contributed by atoms with Gasteiger partial charge in [-0.3, -0.25) is 9.63 Å². The Labute approximate surface area is 176 Å². The van der Waals surface area contributed by atoms with Gasteiger partial charge in [-0.2, -0.15) is 22.8 Å². The van der Waals surface area contributed by atoms with E-state index in [0.717, 1.165) is 15.7 Å². The predicted molar refractivity (Wildman–Crippen MR) is 103 cm³/mol. The summed E-state index contributed by atoms with van der Waals surface area (Å²) in [5, 5.41) is 9.38. The van der Waals surface area contributed by atoms with Crippen molar-refractivity contribution in [1.82, 2.24) is 4.98 Å². The van der Waals surface area contributed by atoms with E-state index >= 15 is 4.39 Å². The summed E-state index contributed by atoms with van der Waals surface area (Å²) in [6, 6.07) is 4.80. The lowest BCUT2D eigenvalue weighted by atomic mass is 9.99. The number of aromatic nitrogens is 2. The van der Waals surface area contributed by atoms with Crippen LogP contribution in [0.25, 0.3) is 17.5 Å². The molecule has 31 heavy (non-hydrogen) atoms. The van der Waals surface area contributed by atoms with Gasteiger partial charge in [-0.05, 0) is 37.1 Å². The van der Waals surface area contributed by atoms with Gasteiger partial charge in [0.25, 0.3) is 0 Å². The lowest BCUT2D eigenvalue weighted by Crippen LogP contribution is -2.44. The van der Waals surface area contributed by atoms with Crippen LogP contribution >= 0.6 is 0 Å². The highest BCUT2D eigenvalue weighted by Gasteiger charge is 2.48. The molecule has 0 unspecified atom stereocenters. The molecule has 0 N–H and O–H groups in total. The Kier molecular flexibility index (Phi) is 5.97. The van der Waals surface area contributed by atoms with Crippen LogP contribution in [-0.4, -0.2) is 38.1 Å². The summed E-state index contributed by atoms with van der Waals surface area (Å²) in [5.74, 6) is -0.699. The summed E-state index contributed by atoms with van der Waals surface area (Å²) in [6.07, 6.45) is 2.39. The van der Waals surface area contributed by atoms with Crippen molar-refractivity contribution in [1.29, 1.82) is 5.26 Å². The van der Waals surface area contributed by atoms with E-state index in [4.69, 9.17) is 4.84 Å². The highest BCUT2D eigenvalue weighted by atomic mass is 19.4. The summed E-state index contributed by atoms with van der Waals surface area (Å²) >= 11 is 0. The zero-order valence-electron chi connectivity index (χ0n) is 16.8. The first kappa shape index (κ1) is 22.2. The molecule has 0 amide bonds. The topological polar surface area (TPSA) is 70.1 Å². The second-order valence-corrected chi connectivity index (χ2v) is 7.22. The van der Waals surface area contributed by atoms with Crippen LogP contribution in [0.15, 0.2) is 30.6 Å². The van der Waals surface area contributed by atoms with Crippen molar-refractivity contribution in [2.24, 2.45) is 0 Å². The molecule has 0 aliphatic heterocycles. The van der Waals surface area contributed by atoms with Crippen LogP contribution in [0.1, 0.15) is 24.0 Å². The zero-order valence-corrected chi connectivity index (χ0v) is 16.8. The Morgan fingerprint density at radius 2 is 2.10 bits per heavy atom. The van der Waals surface area contributed by atoms with E-state index in [-0.39, 0.29) is 22.6 Å². The lowest BCUT2D eigenvalue weighted by molar-refractivity contribution is -0.878. The van der Waals surface area contributed by atoms with Crippen molar-refractivity contribution >= 4 is 18.0 Å². The first-order valence-corrected chi connectivity index (χ1v) is 9.25. The molecule has 3 rings (SSSR count). The summed E-state index contributed by atoms with van der Waals surface area (Å²) in [4.78, 5) is 21.1. The molecule has 0 aromatic carbocycles. The Bertz CT molecular complexity index is 1070. The number of halogens is 4. The molecule has 2 aromatic heterocycles. The van der Waals surface area contributed by atoms with Crippen molar-refractivity contribution in [3.63, 3.8) is 0 Å². The Morgan fingerprint density at radius 1 is 1.39 bits per heavy atom. The van der Waals surface area contributed by atoms with Crippen molar-refractivity contribution in [2.75, 3.05) is 25.6 Å². The van der Waals surface area contributed by atoms with Crippen LogP contribution in [0.2, 0.25) is 0 Å². The minimum Gasteiger partial charge on any atom is -0.364 e. The van der Waals surface area contributed by atoms with E-state index in [1.807, 2.05) is 0 Å². The smallest absolute Gasteiger partial charge is 0.364 e. The van der Waals surface area contributed by atoms with Gasteiger partial charge in [0.2, 0.25) is 12.0 Å². The number of rotatable bonds is 7. The van der Waals surface area contributed by atoms with Crippen molar-refractivity contribution in [2.45, 2.75) is 24.4 Å². The molecule has 0 saturated heterocycles. The third-order valence-electron chi connectivity index (χ3n) is 5.04. The second-order valence-electron chi connectivity index (χ2n) is 7.22. The Morgan fingerprint density at radius 3 is 2.65 bits per heavy atom. The van der Waals surface area contributed by atoms with Crippen LogP contribution < -0.4 is 14.5 Å². The summed E-state index contributed by atoms with van der Waals surface area (Å²) in [5.41, 5.74) is 0.107. The number of anilines is 1. The first-order valence-electron chi connectivity index (χ1n) is 9.25. The van der Waals surface area contributed by atoms with Gasteiger partial charge in [0, 0.05) is 22.9 Å². The van der Waals surface area contributed by atoms with Crippen molar-refractivity contribution < 1.29 is 31.9 Å². The van der Waals surface area contributed by atoms with E-state index in [2.05, 4.69) is 11.1 Å². The molecule has 1 saturated carbocycles. The highest BCUT2D eigenvalue weighted by Crippen LogP contribution is 2.47. The molecule has 10 heteroatoms. The van der Waals surface area contributed by atoms with Gasteiger partial charge in [0.15, 0.2) is 0 Å². The Balaban J connectivity index is 2.10. The van der Waals surface area contributed by atoms with Crippen molar-refractivity contribution in [3.05, 3.63) is 47.5 Å². The van der Waals surface area contributed by atoms with Crippen LogP contribution in [0, 0.1) is 17.1 Å². The van der Waals surface area contributed by atoms with Crippen LogP contribution in [0.4, 0.5) is 23.2 Å². The summed E-state index contributed by atoms with van der Waals surface area (Å²) < 4.78 is 54.6. The number of pyridine rings is 2. The minimum atomic E-state index is -4.44. The predicted octanol–water partition coefficient (Wildman–Crippen LogP) is 3.00. The van der Waals surface area contributed by atoms with E-state index in [1.165, 1.54) is 44.8 Å². The third kappa shape index (κ3) is 4.66. The molecule has 2 aromatic rings. The number of nitrogens with zero attached hydrogens (tertiary/aromatic N) is 4. The summed E-state index contributed by atoms with van der Waals surface area (Å²) in [6.45, 7) is -1.23. The molecule has 0 atom stereocenters. The fourth-order valence-electron chi connectivity index (χ4n) is 3.31. The quantitative estimate of drug-likeness (QED) is 0.290. The molecule has 0 bridgehead atoms. The molecule has 162 valence electrons. The largest absolute Gasteiger partial charge is 0.405 e. The molecule has 1 aliphatic rings. The maximum atomic E-state index is 15.1. The Hall–Kier alpha value is -3.48. The van der Waals surface area contributed by atoms with Gasteiger partial charge in [-0.1, -0.05) is 0 Å². The van der Waals surface area contributed by atoms with Crippen molar-refractivity contribution in [3.8, 4) is 17.5 Å². The maximum absolute atomic E-state index is 15.1. The summed E-state index contributed by atoms with van der Waals surface area (Å²) in [7, 11) is 2.56. The average Bonchev–Trinajstić information content (AvgIpc) is 3.51. The standard InChI is InChI=1S/C21H19F4N4O2/c1-28(13-21(23,24)25)18-10-27-17(8-14(18)4-3-7-30)19-16(22)9-15(11-29(19)31-2)20(12-26)5-6-20/h3-4,7-11H,5-6,13H2,1-2H3/q+1/b4-3-. The molecular weight excluding hydrogens is 416 g/mol. The van der Waals surface area contributed by atoms with Crippen LogP contribution in [0.3, 0.4) is 0 Å². The van der Waals surface area contributed by atoms with E-state index in [9.17, 15) is 23.2 Å². The first-order chi connectivity index (χ1) is 14.6. The number of aldehydes is 1. The van der Waals surface area contributed by atoms with Gasteiger partial charge < -0.3 is 4.90 Å². The molecule has 1 fully saturated rings. The molecule has 1 aliphatic carbocycles. The fraction of sp³-hybridized carbons (Fsp3) is 0.333. The maximum Gasteiger partial charge on any atom is 0.405 e. The second kappa shape index (κ2) is 8.34. The van der Waals surface area contributed by atoms with Crippen LogP contribution in [-0.2, 0) is 10.2 Å². The van der Waals surface area contributed by atoms with E-state index in [0.29, 0.717) is 24.7 Å². The van der Waals surface area contributed by atoms with E-state index in [1.54, 1.807) is 0 Å². The minimum absolute atomic E-state index is 0.0641. The SMILES string of the molecule is CO[n+]1cc(C2(C#N)CC2)cc(F)c1-c1cc(/C=C\C=O)c(N(C)CC(F)(F)F)cn1. The third-order valence-corrected chi connectivity index (χ3v) is 5.04. The van der Waals surface area contributed by atoms with Gasteiger partial charge in [0.05, 0.1) is 23.4 Å². The number of carbonyl (C=O) groups excluding carboxylic acids is 1. The van der Waals surface area contributed by atoms with Crippen LogP contribution in [0.5, 0.6) is 0 Å². The number of nitriles is 1. The molecular formula is C21H19F4N4O2+. The molecule has 0 spiro atoms. The number of hydrogen-bond acceptors (Lipinski definition) is 5. The van der Waals surface area contributed by atoms with E-state index < -0.39 is 24.0 Å². The molecule has 2 heterocycles. The average molecular weight is 435 g/mol. The number of alkyl halides is 3. The lowest BCUT2D eigenvalue weighted by Gasteiger charge is -2.22. The normalized spacial score (nSPS) is 14.9. The number of hydrogen-bond donors (Lipinski definition) is 0. The fourth-order valence-corrected chi connectivity index (χ4v) is 3.31. The van der Waals surface area contributed by atoms with Gasteiger partial charge in [-0.15, -0.1) is 0 Å². The number of carbonyl (C=O) groups is 1. The number of allylic oxidation sites excluding steroid dienone is 1. The monoisotopic (exact) mass is 435 g/mol. The molecule has 6 nitrogen and oxygen atoms in total. The van der Waals surface area contributed by atoms with Gasteiger partial charge in [-0.25, -0.2) is 4.98 Å². The van der Waals surface area contributed by atoms with Gasteiger partial charge in [0.1, 0.15) is 25.6 Å². The van der Waals surface area contributed by atoms with Gasteiger partial charge >= 0.3 is 11.9 Å². The molecule has 0 radical (unpaired) electrons. The zero-order chi connectivity index (χ0) is 22.8.